The van der Waals surface area contributed by atoms with Gasteiger partial charge in [0, 0.05) is 54.3 Å². The molecule has 0 radical (unpaired) electrons. The zero-order chi connectivity index (χ0) is 27.6. The second kappa shape index (κ2) is 11.8. The van der Waals surface area contributed by atoms with Crippen molar-refractivity contribution in [2.75, 3.05) is 64.7 Å². The van der Waals surface area contributed by atoms with Crippen molar-refractivity contribution < 1.29 is 23.7 Å². The van der Waals surface area contributed by atoms with Crippen molar-refractivity contribution in [2.45, 2.75) is 32.7 Å². The number of nitrogens with zero attached hydrogens (tertiary/aromatic N) is 2. The molecule has 9 nitrogen and oxygen atoms in total. The Hall–Kier alpha value is -3.14. The molecule has 1 aromatic heterocycles. The summed E-state index contributed by atoms with van der Waals surface area (Å²) in [4.78, 5) is 21.1. The number of anilines is 1. The number of ether oxygens (including phenoxy) is 4. The van der Waals surface area contributed by atoms with Crippen molar-refractivity contribution in [3.8, 4) is 11.5 Å². The number of carbonyl (C=O) groups excluding carboxylic acids is 1. The molecule has 3 aromatic rings. The largest absolute Gasteiger partial charge is 0.454 e. The standard InChI is InChI=1S/C30H37ClN4O5/c1-3-38-30(36)35-10-8-22-23-17-21(31)5-6-24(23)33-27(22)28(35)19(2)16-20-4-7-25-29(40-18-39-25)26(20)32-9-11-34-12-14-37-15-13-34/h4-7,17,19,28,32-33H,3,8-16,18H2,1-2H3. The number of fused-ring (bicyclic) bond motifs is 4. The van der Waals surface area contributed by atoms with E-state index in [-0.39, 0.29) is 24.8 Å². The van der Waals surface area contributed by atoms with Crippen molar-refractivity contribution in [3.63, 3.8) is 0 Å². The smallest absolute Gasteiger partial charge is 0.410 e. The van der Waals surface area contributed by atoms with Gasteiger partial charge in [0.25, 0.3) is 0 Å². The maximum atomic E-state index is 13.2. The lowest BCUT2D eigenvalue weighted by Gasteiger charge is -2.38. The van der Waals surface area contributed by atoms with E-state index in [1.807, 2.05) is 36.1 Å². The Morgan fingerprint density at radius 2 is 2.05 bits per heavy atom. The third-order valence-corrected chi connectivity index (χ3v) is 8.41. The molecule has 40 heavy (non-hydrogen) atoms. The van der Waals surface area contributed by atoms with E-state index in [1.54, 1.807) is 0 Å². The third-order valence-electron chi connectivity index (χ3n) is 8.18. The van der Waals surface area contributed by atoms with Crippen LogP contribution in [0, 0.1) is 5.92 Å². The van der Waals surface area contributed by atoms with E-state index in [0.29, 0.717) is 18.2 Å². The molecular formula is C30H37ClN4O5. The van der Waals surface area contributed by atoms with Crippen molar-refractivity contribution in [1.29, 1.82) is 0 Å². The molecule has 10 heteroatoms. The molecule has 214 valence electrons. The molecule has 1 saturated heterocycles. The highest BCUT2D eigenvalue weighted by molar-refractivity contribution is 6.31. The summed E-state index contributed by atoms with van der Waals surface area (Å²) in [5.41, 5.74) is 5.42. The second-order valence-electron chi connectivity index (χ2n) is 10.7. The van der Waals surface area contributed by atoms with Gasteiger partial charge in [0.05, 0.1) is 31.5 Å². The van der Waals surface area contributed by atoms with Crippen LogP contribution in [0.2, 0.25) is 5.02 Å². The van der Waals surface area contributed by atoms with Crippen LogP contribution in [0.15, 0.2) is 30.3 Å². The van der Waals surface area contributed by atoms with Crippen molar-refractivity contribution in [1.82, 2.24) is 14.8 Å². The summed E-state index contributed by atoms with van der Waals surface area (Å²) < 4.78 is 22.6. The number of halogens is 1. The number of morpholine rings is 1. The van der Waals surface area contributed by atoms with E-state index >= 15 is 0 Å². The van der Waals surface area contributed by atoms with Gasteiger partial charge in [0.2, 0.25) is 6.79 Å². The lowest BCUT2D eigenvalue weighted by Crippen LogP contribution is -2.43. The predicted octanol–water partition coefficient (Wildman–Crippen LogP) is 5.23. The number of hydrogen-bond donors (Lipinski definition) is 2. The minimum absolute atomic E-state index is 0.0761. The Labute approximate surface area is 239 Å². The van der Waals surface area contributed by atoms with E-state index in [1.165, 1.54) is 5.56 Å². The molecule has 2 N–H and O–H groups in total. The zero-order valence-electron chi connectivity index (χ0n) is 23.1. The summed E-state index contributed by atoms with van der Waals surface area (Å²) in [7, 11) is 0. The Morgan fingerprint density at radius 3 is 2.88 bits per heavy atom. The van der Waals surface area contributed by atoms with Gasteiger partial charge in [-0.2, -0.15) is 0 Å². The van der Waals surface area contributed by atoms with Crippen LogP contribution in [-0.4, -0.2) is 80.2 Å². The molecular weight excluding hydrogens is 532 g/mol. The molecule has 0 aliphatic carbocycles. The second-order valence-corrected chi connectivity index (χ2v) is 11.1. The number of nitrogens with one attached hydrogen (secondary N) is 2. The van der Waals surface area contributed by atoms with Gasteiger partial charge in [-0.3, -0.25) is 9.80 Å². The third kappa shape index (κ3) is 5.30. The fraction of sp³-hybridized carbons (Fsp3) is 0.500. The van der Waals surface area contributed by atoms with Crippen LogP contribution in [0.25, 0.3) is 10.9 Å². The Kier molecular flexibility index (Phi) is 7.96. The lowest BCUT2D eigenvalue weighted by atomic mass is 9.85. The predicted molar refractivity (Wildman–Crippen MR) is 155 cm³/mol. The minimum atomic E-state index is -0.281. The summed E-state index contributed by atoms with van der Waals surface area (Å²) in [6.07, 6.45) is 1.19. The number of rotatable bonds is 8. The molecule has 2 unspecified atom stereocenters. The Bertz CT molecular complexity index is 1370. The first kappa shape index (κ1) is 27.1. The van der Waals surface area contributed by atoms with Crippen LogP contribution in [0.5, 0.6) is 11.5 Å². The highest BCUT2D eigenvalue weighted by Gasteiger charge is 2.38. The molecule has 0 saturated carbocycles. The maximum Gasteiger partial charge on any atom is 0.410 e. The van der Waals surface area contributed by atoms with Gasteiger partial charge in [-0.05, 0) is 61.1 Å². The van der Waals surface area contributed by atoms with E-state index in [0.717, 1.165) is 91.6 Å². The molecule has 1 fully saturated rings. The number of hydrogen-bond acceptors (Lipinski definition) is 7. The average molecular weight is 569 g/mol. The van der Waals surface area contributed by atoms with Gasteiger partial charge in [-0.1, -0.05) is 24.6 Å². The summed E-state index contributed by atoms with van der Waals surface area (Å²) >= 11 is 6.36. The first-order valence-corrected chi connectivity index (χ1v) is 14.6. The van der Waals surface area contributed by atoms with Gasteiger partial charge in [-0.25, -0.2) is 4.79 Å². The highest BCUT2D eigenvalue weighted by Crippen LogP contribution is 2.45. The van der Waals surface area contributed by atoms with Crippen LogP contribution in [0.3, 0.4) is 0 Å². The quantitative estimate of drug-likeness (QED) is 0.385. The van der Waals surface area contributed by atoms with Gasteiger partial charge in [0.15, 0.2) is 11.5 Å². The molecule has 1 amide bonds. The zero-order valence-corrected chi connectivity index (χ0v) is 23.9. The van der Waals surface area contributed by atoms with Gasteiger partial charge < -0.3 is 29.2 Å². The number of carbonyl (C=O) groups is 1. The fourth-order valence-electron chi connectivity index (χ4n) is 6.29. The molecule has 3 aliphatic rings. The average Bonchev–Trinajstić information content (AvgIpc) is 3.59. The Morgan fingerprint density at radius 1 is 1.20 bits per heavy atom. The minimum Gasteiger partial charge on any atom is -0.454 e. The summed E-state index contributed by atoms with van der Waals surface area (Å²) in [6, 6.07) is 9.85. The number of amides is 1. The van der Waals surface area contributed by atoms with Gasteiger partial charge >= 0.3 is 6.09 Å². The van der Waals surface area contributed by atoms with Crippen LogP contribution >= 0.6 is 11.6 Å². The summed E-state index contributed by atoms with van der Waals surface area (Å²) in [6.45, 7) is 10.3. The molecule has 4 heterocycles. The fourth-order valence-corrected chi connectivity index (χ4v) is 6.46. The first-order valence-electron chi connectivity index (χ1n) is 14.2. The van der Waals surface area contributed by atoms with Crippen molar-refractivity contribution >= 4 is 34.3 Å². The molecule has 2 aromatic carbocycles. The molecule has 6 rings (SSSR count). The van der Waals surface area contributed by atoms with Crippen LogP contribution in [-0.2, 0) is 22.3 Å². The summed E-state index contributed by atoms with van der Waals surface area (Å²) in [5.74, 6) is 1.59. The van der Waals surface area contributed by atoms with Gasteiger partial charge in [0.1, 0.15) is 0 Å². The maximum absolute atomic E-state index is 13.2. The number of H-pyrrole nitrogens is 1. The Balaban J connectivity index is 1.30. The van der Waals surface area contributed by atoms with Crippen LogP contribution in [0.4, 0.5) is 10.5 Å². The van der Waals surface area contributed by atoms with E-state index < -0.39 is 0 Å². The van der Waals surface area contributed by atoms with Gasteiger partial charge in [-0.15, -0.1) is 0 Å². The molecule has 3 aliphatic heterocycles. The van der Waals surface area contributed by atoms with E-state index in [4.69, 9.17) is 30.5 Å². The monoisotopic (exact) mass is 568 g/mol. The number of aromatic nitrogens is 1. The van der Waals surface area contributed by atoms with E-state index in [2.05, 4.69) is 28.2 Å². The SMILES string of the molecule is CCOC(=O)N1CCc2c([nH]c3ccc(Cl)cc23)C1C(C)Cc1ccc2c(c1NCCN1CCOCC1)OCO2. The van der Waals surface area contributed by atoms with Crippen molar-refractivity contribution in [2.24, 2.45) is 5.92 Å². The molecule has 2 atom stereocenters. The number of aromatic amines is 1. The lowest BCUT2D eigenvalue weighted by molar-refractivity contribution is 0.0398. The highest BCUT2D eigenvalue weighted by atomic mass is 35.5. The first-order chi connectivity index (χ1) is 19.5. The summed E-state index contributed by atoms with van der Waals surface area (Å²) in [5, 5.41) is 5.49. The topological polar surface area (TPSA) is 88.3 Å². The molecule has 0 spiro atoms. The normalized spacial score (nSPS) is 19.5. The van der Waals surface area contributed by atoms with Crippen LogP contribution in [0.1, 0.15) is 36.7 Å². The number of benzene rings is 2. The van der Waals surface area contributed by atoms with Crippen molar-refractivity contribution in [3.05, 3.63) is 52.2 Å². The molecule has 0 bridgehead atoms. The van der Waals surface area contributed by atoms with Crippen LogP contribution < -0.4 is 14.8 Å². The van der Waals surface area contributed by atoms with E-state index in [9.17, 15) is 4.79 Å².